The monoisotopic (exact) mass is 827 g/mol. The first-order valence-electron chi connectivity index (χ1n) is 19.5. The molecule has 0 saturated carbocycles. The van der Waals surface area contributed by atoms with Crippen LogP contribution in [0.25, 0.3) is 0 Å². The fourth-order valence-corrected chi connectivity index (χ4v) is 6.67. The average Bonchev–Trinajstić information content (AvgIpc) is 3.21. The van der Waals surface area contributed by atoms with Gasteiger partial charge in [-0.25, -0.2) is 15.0 Å². The molecule has 2 aromatic carbocycles. The van der Waals surface area contributed by atoms with Crippen molar-refractivity contribution in [2.24, 2.45) is 4.99 Å². The van der Waals surface area contributed by atoms with Gasteiger partial charge in [0.2, 0.25) is 0 Å². The average molecular weight is 828 g/mol. The molecule has 18 heteroatoms. The Morgan fingerprint density at radius 3 is 1.78 bits per heavy atom. The maximum atomic E-state index is 13.2. The molecule has 0 aliphatic carbocycles. The summed E-state index contributed by atoms with van der Waals surface area (Å²) in [6.07, 6.45) is 4.98. The number of rotatable bonds is 25. The first-order chi connectivity index (χ1) is 28.1. The fourth-order valence-electron chi connectivity index (χ4n) is 6.54. The van der Waals surface area contributed by atoms with Gasteiger partial charge in [-0.05, 0) is 54.7 Å². The number of aliphatic imine (C=N–C) groups is 1. The van der Waals surface area contributed by atoms with Crippen LogP contribution in [0.15, 0.2) is 53.5 Å². The summed E-state index contributed by atoms with van der Waals surface area (Å²) in [4.78, 5) is 49.8. The summed E-state index contributed by atoms with van der Waals surface area (Å²) < 4.78 is 22.3. The van der Waals surface area contributed by atoms with Crippen molar-refractivity contribution in [1.29, 1.82) is 0 Å². The number of aromatic nitrogens is 2. The van der Waals surface area contributed by atoms with E-state index in [0.717, 1.165) is 73.1 Å². The number of hydrogen-bond acceptors (Lipinski definition) is 13. The molecule has 4 rings (SSSR count). The van der Waals surface area contributed by atoms with E-state index in [1.165, 1.54) is 0 Å². The summed E-state index contributed by atoms with van der Waals surface area (Å²) in [5, 5.41) is 22.8. The standard InChI is InChI=1S/C40H55ClN8O9/c41-37-39(43)48-38(42)36(47-37)40(54)46-31-6-3-19-49(26-31,17-1-4-29-7-11-32(12-8-29)57-27-34(52)44-15-22-55-24-20-50)18-2-5-30-9-13-33(14-10-30)58-28-35(53)45-16-23-56-25-21-51/h7-14,50-51H,1-6,15-28H2,(H5-,42,43,44,45,48,52,53,54)/p+1. The van der Waals surface area contributed by atoms with Crippen molar-refractivity contribution >= 4 is 46.7 Å². The Morgan fingerprint density at radius 2 is 1.28 bits per heavy atom. The number of anilines is 2. The maximum absolute atomic E-state index is 13.2. The van der Waals surface area contributed by atoms with Gasteiger partial charge in [-0.15, -0.1) is 0 Å². The molecule has 3 aromatic rings. The Labute approximate surface area is 343 Å². The SMILES string of the molecule is Nc1nc(N)c(C(=O)N=C2CCC[N+](CCCc3ccc(OCC(=O)NCCOCCO)cc3)(CCCc3ccc(OCC(=O)NCCOCCO)cc3)C2)nc1Cl. The Morgan fingerprint density at radius 1 is 0.759 bits per heavy atom. The van der Waals surface area contributed by atoms with Crippen molar-refractivity contribution in [2.45, 2.75) is 38.5 Å². The molecule has 1 saturated heterocycles. The molecule has 0 atom stereocenters. The molecule has 1 aromatic heterocycles. The Balaban J connectivity index is 1.33. The number of aliphatic hydroxyl groups excluding tert-OH is 2. The third kappa shape index (κ3) is 16.2. The number of carbonyl (C=O) groups excluding carboxylic acids is 3. The molecular weight excluding hydrogens is 772 g/mol. The van der Waals surface area contributed by atoms with Crippen molar-refractivity contribution in [3.8, 4) is 11.5 Å². The maximum Gasteiger partial charge on any atom is 0.299 e. The number of benzene rings is 2. The van der Waals surface area contributed by atoms with Crippen molar-refractivity contribution in [1.82, 2.24) is 20.6 Å². The molecule has 316 valence electrons. The summed E-state index contributed by atoms with van der Waals surface area (Å²) in [5.74, 6) is -0.0973. The molecule has 0 unspecified atom stereocenters. The molecule has 0 bridgehead atoms. The summed E-state index contributed by atoms with van der Waals surface area (Å²) >= 11 is 6.04. The van der Waals surface area contributed by atoms with Gasteiger partial charge in [0.25, 0.3) is 17.7 Å². The number of hydrogen-bond donors (Lipinski definition) is 6. The second-order valence-corrected chi connectivity index (χ2v) is 14.2. The van der Waals surface area contributed by atoms with Gasteiger partial charge >= 0.3 is 0 Å². The molecule has 0 radical (unpaired) electrons. The van der Waals surface area contributed by atoms with E-state index in [4.69, 9.17) is 52.2 Å². The minimum atomic E-state index is -0.597. The van der Waals surface area contributed by atoms with E-state index in [2.05, 4.69) is 25.6 Å². The van der Waals surface area contributed by atoms with Crippen LogP contribution in [0.2, 0.25) is 5.15 Å². The number of nitrogen functional groups attached to an aromatic ring is 2. The van der Waals surface area contributed by atoms with E-state index >= 15 is 0 Å². The zero-order chi connectivity index (χ0) is 41.6. The van der Waals surface area contributed by atoms with Gasteiger partial charge in [-0.3, -0.25) is 14.4 Å². The van der Waals surface area contributed by atoms with Crippen LogP contribution in [0.1, 0.15) is 47.3 Å². The lowest BCUT2D eigenvalue weighted by atomic mass is 10.0. The number of aliphatic hydroxyl groups is 2. The summed E-state index contributed by atoms with van der Waals surface area (Å²) in [7, 11) is 0. The number of halogens is 1. The summed E-state index contributed by atoms with van der Waals surface area (Å²) in [5.41, 5.74) is 14.6. The lowest BCUT2D eigenvalue weighted by Gasteiger charge is -2.42. The Bertz CT molecular complexity index is 1700. The smallest absolute Gasteiger partial charge is 0.299 e. The van der Waals surface area contributed by atoms with Crippen molar-refractivity contribution < 1.29 is 48.0 Å². The van der Waals surface area contributed by atoms with Crippen LogP contribution in [0.5, 0.6) is 11.5 Å². The van der Waals surface area contributed by atoms with Crippen LogP contribution in [0.3, 0.4) is 0 Å². The Kier molecular flexibility index (Phi) is 19.6. The number of aryl methyl sites for hydroxylation is 2. The highest BCUT2D eigenvalue weighted by Crippen LogP contribution is 2.24. The zero-order valence-electron chi connectivity index (χ0n) is 32.8. The number of nitrogens with two attached hydrogens (primary N) is 2. The van der Waals surface area contributed by atoms with Crippen LogP contribution in [0, 0.1) is 0 Å². The molecule has 1 aliphatic rings. The molecule has 3 amide bonds. The van der Waals surface area contributed by atoms with Crippen molar-refractivity contribution in [3.63, 3.8) is 0 Å². The van der Waals surface area contributed by atoms with Crippen LogP contribution < -0.4 is 31.6 Å². The van der Waals surface area contributed by atoms with Gasteiger partial charge in [0.1, 0.15) is 18.0 Å². The van der Waals surface area contributed by atoms with Gasteiger partial charge in [-0.2, -0.15) is 0 Å². The van der Waals surface area contributed by atoms with E-state index in [1.807, 2.05) is 48.5 Å². The highest BCUT2D eigenvalue weighted by molar-refractivity contribution is 6.31. The van der Waals surface area contributed by atoms with Crippen LogP contribution >= 0.6 is 11.6 Å². The largest absolute Gasteiger partial charge is 0.484 e. The first kappa shape index (κ1) is 45.8. The zero-order valence-corrected chi connectivity index (χ0v) is 33.6. The highest BCUT2D eigenvalue weighted by atomic mass is 35.5. The number of amides is 3. The van der Waals surface area contributed by atoms with Gasteiger partial charge < -0.3 is 55.7 Å². The van der Waals surface area contributed by atoms with E-state index in [9.17, 15) is 14.4 Å². The number of nitrogens with zero attached hydrogens (tertiary/aromatic N) is 4. The molecule has 8 N–H and O–H groups in total. The quantitative estimate of drug-likeness (QED) is 0.0528. The van der Waals surface area contributed by atoms with Crippen LogP contribution in [-0.4, -0.2) is 140 Å². The molecule has 0 spiro atoms. The van der Waals surface area contributed by atoms with Crippen LogP contribution in [-0.2, 0) is 31.9 Å². The minimum absolute atomic E-state index is 0.0538. The second kappa shape index (κ2) is 24.8. The summed E-state index contributed by atoms with van der Waals surface area (Å²) in [6, 6.07) is 15.4. The third-order valence-electron chi connectivity index (χ3n) is 9.37. The van der Waals surface area contributed by atoms with E-state index in [0.29, 0.717) is 50.8 Å². The predicted molar refractivity (Wildman–Crippen MR) is 219 cm³/mol. The number of ether oxygens (including phenoxy) is 4. The molecule has 17 nitrogen and oxygen atoms in total. The Hall–Kier alpha value is -4.91. The predicted octanol–water partition coefficient (Wildman–Crippen LogP) is 1.76. The molecule has 2 heterocycles. The van der Waals surface area contributed by atoms with E-state index in [-0.39, 0.29) is 73.9 Å². The minimum Gasteiger partial charge on any atom is -0.484 e. The van der Waals surface area contributed by atoms with Crippen molar-refractivity contribution in [3.05, 3.63) is 70.5 Å². The normalized spacial score (nSPS) is 14.2. The van der Waals surface area contributed by atoms with E-state index in [1.54, 1.807) is 0 Å². The topological polar surface area (TPSA) is 243 Å². The summed E-state index contributed by atoms with van der Waals surface area (Å²) in [6.45, 7) is 4.68. The van der Waals surface area contributed by atoms with Gasteiger partial charge in [0.15, 0.2) is 35.7 Å². The lowest BCUT2D eigenvalue weighted by Crippen LogP contribution is -2.55. The fraction of sp³-hybridized carbons (Fsp3) is 0.500. The van der Waals surface area contributed by atoms with Gasteiger partial charge in [0, 0.05) is 32.4 Å². The lowest BCUT2D eigenvalue weighted by molar-refractivity contribution is -0.922. The van der Waals surface area contributed by atoms with Crippen LogP contribution in [0.4, 0.5) is 11.6 Å². The number of quaternary nitrogens is 1. The molecule has 1 aliphatic heterocycles. The number of nitrogens with one attached hydrogen (secondary N) is 2. The van der Waals surface area contributed by atoms with E-state index < -0.39 is 5.91 Å². The van der Waals surface area contributed by atoms with Crippen molar-refractivity contribution in [2.75, 3.05) is 104 Å². The third-order valence-corrected chi connectivity index (χ3v) is 9.65. The number of piperidine rings is 1. The van der Waals surface area contributed by atoms with Gasteiger partial charge in [0.05, 0.1) is 65.0 Å². The van der Waals surface area contributed by atoms with Gasteiger partial charge in [-0.1, -0.05) is 35.9 Å². The molecule has 58 heavy (non-hydrogen) atoms. The molecular formula is C40H56ClN8O9+. The number of likely N-dealkylation sites (tertiary alicyclic amines) is 1. The second-order valence-electron chi connectivity index (χ2n) is 13.8. The highest BCUT2D eigenvalue weighted by Gasteiger charge is 2.33. The number of carbonyl (C=O) groups is 3. The first-order valence-corrected chi connectivity index (χ1v) is 19.9. The molecule has 1 fully saturated rings.